The highest BCUT2D eigenvalue weighted by Gasteiger charge is 2.48. The van der Waals surface area contributed by atoms with Crippen LogP contribution in [0.25, 0.3) is 6.08 Å². The minimum absolute atomic E-state index is 0.114. The molecule has 3 amide bonds. The van der Waals surface area contributed by atoms with Crippen molar-refractivity contribution in [1.82, 2.24) is 10.6 Å². The molecule has 0 aromatic heterocycles. The summed E-state index contributed by atoms with van der Waals surface area (Å²) in [6.07, 6.45) is 2.20. The summed E-state index contributed by atoms with van der Waals surface area (Å²) in [5.74, 6) is -0.523. The molecule has 1 aliphatic heterocycles. The summed E-state index contributed by atoms with van der Waals surface area (Å²) in [7, 11) is -4.14. The van der Waals surface area contributed by atoms with Gasteiger partial charge in [-0.1, -0.05) is 38.1 Å². The zero-order chi connectivity index (χ0) is 19.4. The van der Waals surface area contributed by atoms with E-state index < -0.39 is 24.7 Å². The minimum atomic E-state index is -4.14. The van der Waals surface area contributed by atoms with Gasteiger partial charge in [0, 0.05) is 0 Å². The van der Waals surface area contributed by atoms with E-state index in [0.29, 0.717) is 24.0 Å². The first kappa shape index (κ1) is 20.3. The molecular weight excluding hydrogens is 359 g/mol. The normalized spacial score (nSPS) is 18.5. The molecule has 1 heterocycles. The molecule has 0 bridgehead atoms. The molecule has 9 heteroatoms. The number of hydrogen-bond donors (Lipinski definition) is 3. The van der Waals surface area contributed by atoms with E-state index in [4.69, 9.17) is 9.56 Å². The summed E-state index contributed by atoms with van der Waals surface area (Å²) in [5.41, 5.74) is 1.31. The second-order valence-corrected chi connectivity index (χ2v) is 7.88. The van der Waals surface area contributed by atoms with Gasteiger partial charge < -0.3 is 10.2 Å². The predicted molar refractivity (Wildman–Crippen MR) is 95.9 cm³/mol. The summed E-state index contributed by atoms with van der Waals surface area (Å²) in [6, 6.07) is 6.31. The molecule has 3 N–H and O–H groups in total. The second-order valence-electron chi connectivity index (χ2n) is 5.83. The number of amides is 3. The highest BCUT2D eigenvalue weighted by molar-refractivity contribution is 7.54. The Labute approximate surface area is 152 Å². The predicted octanol–water partition coefficient (Wildman–Crippen LogP) is 3.04. The first-order chi connectivity index (χ1) is 12.3. The van der Waals surface area contributed by atoms with Crippen LogP contribution < -0.4 is 10.6 Å². The van der Waals surface area contributed by atoms with E-state index >= 15 is 0 Å². The zero-order valence-corrected chi connectivity index (χ0v) is 15.8. The first-order valence-electron chi connectivity index (χ1n) is 8.38. The molecule has 1 unspecified atom stereocenters. The van der Waals surface area contributed by atoms with E-state index in [1.165, 1.54) is 6.08 Å². The van der Waals surface area contributed by atoms with Crippen LogP contribution in [0, 0.1) is 0 Å². The third-order valence-electron chi connectivity index (χ3n) is 4.44. The molecule has 0 spiro atoms. The van der Waals surface area contributed by atoms with Crippen LogP contribution in [-0.4, -0.2) is 23.4 Å². The maximum absolute atomic E-state index is 12.9. The van der Waals surface area contributed by atoms with E-state index in [1.807, 2.05) is 0 Å². The maximum Gasteiger partial charge on any atom is 0.365 e. The van der Waals surface area contributed by atoms with Crippen molar-refractivity contribution in [3.63, 3.8) is 0 Å². The quantitative estimate of drug-likeness (QED) is 0.209. The lowest BCUT2D eigenvalue weighted by molar-refractivity contribution is -0.211. The fourth-order valence-corrected chi connectivity index (χ4v) is 4.64. The Hall–Kier alpha value is -1.99. The average molecular weight is 382 g/mol. The standard InChI is InChI=1S/C17H23N2O6P/c1-4-17(5-2,26(22,23)25-24-6-3)13-9-7-8-12(10-13)11-14-15(20)19-16(21)18-14/h7-11H,4-6H2,1-3H3,(H,22,23)(H2,18,19,20,21)/b14-11-. The Bertz CT molecular complexity index is 772. The molecule has 1 atom stereocenters. The molecule has 8 nitrogen and oxygen atoms in total. The third-order valence-corrected chi connectivity index (χ3v) is 6.72. The Morgan fingerprint density at radius 2 is 1.88 bits per heavy atom. The second kappa shape index (κ2) is 8.14. The largest absolute Gasteiger partial charge is 0.365 e. The molecule has 2 rings (SSSR count). The molecular formula is C17H23N2O6P. The monoisotopic (exact) mass is 382 g/mol. The number of imide groups is 1. The Balaban J connectivity index is 2.45. The fraction of sp³-hybridized carbons (Fsp3) is 0.412. The van der Waals surface area contributed by atoms with Gasteiger partial charge >= 0.3 is 13.6 Å². The third kappa shape index (κ3) is 3.88. The topological polar surface area (TPSA) is 114 Å². The van der Waals surface area contributed by atoms with Crippen LogP contribution in [-0.2, 0) is 24.1 Å². The van der Waals surface area contributed by atoms with Crippen molar-refractivity contribution < 1.29 is 28.6 Å². The Morgan fingerprint density at radius 1 is 1.19 bits per heavy atom. The zero-order valence-electron chi connectivity index (χ0n) is 14.9. The minimum Gasteiger partial charge on any atom is -0.322 e. The van der Waals surface area contributed by atoms with Crippen LogP contribution in [0.3, 0.4) is 0 Å². The molecule has 1 aliphatic rings. The van der Waals surface area contributed by atoms with Crippen LogP contribution in [0.2, 0.25) is 0 Å². The molecule has 1 fully saturated rings. The number of carbonyl (C=O) groups excluding carboxylic acids is 2. The smallest absolute Gasteiger partial charge is 0.322 e. The van der Waals surface area contributed by atoms with Crippen LogP contribution in [0.5, 0.6) is 0 Å². The van der Waals surface area contributed by atoms with Gasteiger partial charge in [-0.3, -0.25) is 14.7 Å². The summed E-state index contributed by atoms with van der Waals surface area (Å²) in [6.45, 7) is 5.41. The number of hydrogen-bond acceptors (Lipinski definition) is 5. The van der Waals surface area contributed by atoms with E-state index in [9.17, 15) is 19.0 Å². The van der Waals surface area contributed by atoms with Crippen molar-refractivity contribution in [3.8, 4) is 0 Å². The summed E-state index contributed by atoms with van der Waals surface area (Å²) in [5, 5.41) is 3.38. The van der Waals surface area contributed by atoms with Gasteiger partial charge in [0.05, 0.1) is 11.8 Å². The van der Waals surface area contributed by atoms with Gasteiger partial charge in [0.1, 0.15) is 5.70 Å². The molecule has 1 saturated heterocycles. The van der Waals surface area contributed by atoms with Crippen LogP contribution in [0.15, 0.2) is 30.0 Å². The van der Waals surface area contributed by atoms with Crippen LogP contribution in [0.1, 0.15) is 44.7 Å². The number of carbonyl (C=O) groups is 2. The van der Waals surface area contributed by atoms with Gasteiger partial charge in [0.25, 0.3) is 5.91 Å². The molecule has 1 aromatic rings. The van der Waals surface area contributed by atoms with Crippen molar-refractivity contribution in [1.29, 1.82) is 0 Å². The van der Waals surface area contributed by atoms with Gasteiger partial charge in [-0.25, -0.2) is 9.68 Å². The van der Waals surface area contributed by atoms with E-state index in [1.54, 1.807) is 45.0 Å². The van der Waals surface area contributed by atoms with E-state index in [0.717, 1.165) is 0 Å². The van der Waals surface area contributed by atoms with Gasteiger partial charge in [-0.05, 0) is 37.0 Å². The SMILES string of the molecule is CCOOP(=O)(O)C(CC)(CC)c1cccc(/C=C2\NC(=O)NC2=O)c1. The summed E-state index contributed by atoms with van der Waals surface area (Å²) < 4.78 is 17.7. The maximum atomic E-state index is 12.9. The lowest BCUT2D eigenvalue weighted by Crippen LogP contribution is -2.26. The lowest BCUT2D eigenvalue weighted by Gasteiger charge is -2.34. The van der Waals surface area contributed by atoms with Crippen molar-refractivity contribution >= 4 is 25.6 Å². The highest BCUT2D eigenvalue weighted by Crippen LogP contribution is 2.64. The Morgan fingerprint density at radius 3 is 2.42 bits per heavy atom. The van der Waals surface area contributed by atoms with Crippen LogP contribution >= 0.6 is 7.60 Å². The molecule has 142 valence electrons. The Kier molecular flexibility index (Phi) is 6.36. The average Bonchev–Trinajstić information content (AvgIpc) is 2.92. The molecule has 26 heavy (non-hydrogen) atoms. The lowest BCUT2D eigenvalue weighted by atomic mass is 9.91. The summed E-state index contributed by atoms with van der Waals surface area (Å²) >= 11 is 0. The van der Waals surface area contributed by atoms with Gasteiger partial charge in [-0.15, -0.1) is 4.67 Å². The van der Waals surface area contributed by atoms with Crippen LogP contribution in [0.4, 0.5) is 4.79 Å². The highest BCUT2D eigenvalue weighted by atomic mass is 31.2. The molecule has 0 aliphatic carbocycles. The number of nitrogens with one attached hydrogen (secondary N) is 2. The first-order valence-corrected chi connectivity index (χ1v) is 9.96. The number of rotatable bonds is 8. The van der Waals surface area contributed by atoms with Crippen molar-refractivity contribution in [2.45, 2.75) is 38.8 Å². The number of urea groups is 1. The van der Waals surface area contributed by atoms with Gasteiger partial charge in [0.2, 0.25) is 0 Å². The molecule has 0 saturated carbocycles. The van der Waals surface area contributed by atoms with Crippen molar-refractivity contribution in [3.05, 3.63) is 41.1 Å². The van der Waals surface area contributed by atoms with Crippen molar-refractivity contribution in [2.24, 2.45) is 0 Å². The van der Waals surface area contributed by atoms with E-state index in [-0.39, 0.29) is 12.3 Å². The van der Waals surface area contributed by atoms with Gasteiger partial charge in [-0.2, -0.15) is 0 Å². The fourth-order valence-electron chi connectivity index (χ4n) is 2.98. The molecule has 1 aromatic carbocycles. The van der Waals surface area contributed by atoms with Crippen molar-refractivity contribution in [2.75, 3.05) is 6.61 Å². The summed E-state index contributed by atoms with van der Waals surface area (Å²) in [4.78, 5) is 38.2. The number of benzene rings is 1. The van der Waals surface area contributed by atoms with Gasteiger partial charge in [0.15, 0.2) is 0 Å². The molecule has 0 radical (unpaired) electrons. The van der Waals surface area contributed by atoms with E-state index in [2.05, 4.69) is 10.6 Å².